The minimum absolute atomic E-state index is 0. The summed E-state index contributed by atoms with van der Waals surface area (Å²) in [6.07, 6.45) is 0. The van der Waals surface area contributed by atoms with Crippen LogP contribution in [0.15, 0.2) is 0 Å². The van der Waals surface area contributed by atoms with E-state index in [2.05, 4.69) is 9.53 Å². The number of hydrogen-bond acceptors (Lipinski definition) is 15. The first-order valence-corrected chi connectivity index (χ1v) is 23.3. The monoisotopic (exact) mass is 1010 g/mol. The second kappa shape index (κ2) is 13.2. The Morgan fingerprint density at radius 1 is 0.500 bits per heavy atom. The van der Waals surface area contributed by atoms with Gasteiger partial charge in [-0.05, 0) is 0 Å². The summed E-state index contributed by atoms with van der Waals surface area (Å²) in [5.74, 6) is 0. The van der Waals surface area contributed by atoms with Crippen molar-refractivity contribution in [2.24, 2.45) is 0 Å². The molecule has 0 aromatic carbocycles. The molecule has 0 aromatic rings. The Bertz CT molecular complexity index is 776. The molecule has 0 aliphatic rings. The van der Waals surface area contributed by atoms with E-state index in [1.807, 2.05) is 0 Å². The van der Waals surface area contributed by atoms with E-state index in [-0.39, 0.29) is 17.4 Å². The van der Waals surface area contributed by atoms with Gasteiger partial charge in [0.05, 0.1) is 0 Å². The molecule has 0 saturated carbocycles. The molecule has 0 atom stereocenters. The predicted octanol–water partition coefficient (Wildman–Crippen LogP) is -5.99. The van der Waals surface area contributed by atoms with Gasteiger partial charge >= 0.3 is 175 Å². The maximum absolute atomic E-state index is 9.57. The van der Waals surface area contributed by atoms with Crippen molar-refractivity contribution >= 4 is 40.8 Å². The Hall–Kier alpha value is 1.61. The zero-order valence-electron chi connectivity index (χ0n) is 12.0. The molecule has 28 heavy (non-hydrogen) atoms. The summed E-state index contributed by atoms with van der Waals surface area (Å²) in [6.45, 7) is 0. The van der Waals surface area contributed by atoms with Crippen molar-refractivity contribution in [1.82, 2.24) is 0 Å². The summed E-state index contributed by atoms with van der Waals surface area (Å²) in [4.78, 5) is 46.2. The first-order chi connectivity index (χ1) is 11.1. The molecule has 28 heteroatoms. The van der Waals surface area contributed by atoms with Gasteiger partial charge in [0.1, 0.15) is 0 Å². The van der Waals surface area contributed by atoms with Crippen LogP contribution in [0.5, 0.6) is 0 Å². The Balaban J connectivity index is -0.000000152. The number of hydrogen-bond donors (Lipinski definition) is 6. The second-order valence-electron chi connectivity index (χ2n) is 2.92. The van der Waals surface area contributed by atoms with Crippen LogP contribution >= 0.6 is 23.5 Å². The number of phosphoric acid groups is 3. The largest absolute Gasteiger partial charge is 3.00 e. The molecule has 0 saturated heterocycles. The van der Waals surface area contributed by atoms with Crippen LogP contribution in [0.2, 0.25) is 0 Å². The van der Waals surface area contributed by atoms with Crippen LogP contribution < -0.4 is 11.3 Å². The zero-order chi connectivity index (χ0) is 23.1. The molecule has 21 nitrogen and oxygen atoms in total. The van der Waals surface area contributed by atoms with Gasteiger partial charge in [-0.25, -0.2) is 0 Å². The van der Waals surface area contributed by atoms with Gasteiger partial charge in [0.15, 0.2) is 0 Å². The Labute approximate surface area is 174 Å². The topological polar surface area (TPSA) is 372 Å². The molecular formula is H6AlO21P3W3. The molecule has 168 valence electrons. The molecule has 6 N–H and O–H groups in total. The number of rotatable bonds is 6. The summed E-state index contributed by atoms with van der Waals surface area (Å²) < 4.78 is 123. The normalized spacial score (nSPS) is 13.2. The maximum Gasteiger partial charge on any atom is 3.00 e. The minimum Gasteiger partial charge on any atom is 3.00 e. The molecule has 0 rings (SSSR count). The molecule has 0 bridgehead atoms. The summed E-state index contributed by atoms with van der Waals surface area (Å²) in [5, 5.41) is 0. The fourth-order valence-electron chi connectivity index (χ4n) is 0.357. The van der Waals surface area contributed by atoms with Crippen LogP contribution in [0, 0.1) is 0 Å². The summed E-state index contributed by atoms with van der Waals surface area (Å²) in [6, 6.07) is 0. The van der Waals surface area contributed by atoms with E-state index >= 15 is 0 Å². The third-order valence-electron chi connectivity index (χ3n) is 0.565. The molecule has 0 unspecified atom stereocenters. The summed E-state index contributed by atoms with van der Waals surface area (Å²) in [7, 11) is -15.4. The molecule has 0 radical (unpaired) electrons. The van der Waals surface area contributed by atoms with Crippen LogP contribution in [0.1, 0.15) is 0 Å². The Kier molecular flexibility index (Phi) is 17.4. The fourth-order valence-corrected chi connectivity index (χ4v) is 8.76. The quantitative estimate of drug-likeness (QED) is 0.107. The maximum atomic E-state index is 9.57. The van der Waals surface area contributed by atoms with Crippen molar-refractivity contribution in [1.29, 1.82) is 0 Å². The summed E-state index contributed by atoms with van der Waals surface area (Å²) in [5.41, 5.74) is 0. The van der Waals surface area contributed by atoms with Gasteiger partial charge in [0.25, 0.3) is 0 Å². The predicted molar refractivity (Wildman–Crippen MR) is 49.3 cm³/mol. The molecule has 0 aliphatic carbocycles. The third kappa shape index (κ3) is 50.8. The van der Waals surface area contributed by atoms with Crippen molar-refractivity contribution in [2.75, 3.05) is 0 Å². The van der Waals surface area contributed by atoms with Crippen molar-refractivity contribution in [3.8, 4) is 0 Å². The van der Waals surface area contributed by atoms with Gasteiger partial charge in [-0.15, -0.1) is 0 Å². The van der Waals surface area contributed by atoms with Gasteiger partial charge in [-0.1, -0.05) is 0 Å². The molecule has 0 heterocycles. The SMILES string of the molecule is O=P(O)(O)[O][W](=[O])(=[O])[O-].O=P(O)(O)[O][W](=[O])(=[O])[O-].O=P(O)(O)[O][W](=[O])(=[O])[O-].[Al+3]. The Morgan fingerprint density at radius 2 is 0.607 bits per heavy atom. The van der Waals surface area contributed by atoms with Gasteiger partial charge in [-0.2, -0.15) is 0 Å². The van der Waals surface area contributed by atoms with Crippen LogP contribution in [-0.2, 0) is 93.9 Å². The fraction of sp³-hybridized carbons (Fsp3) is 0. The van der Waals surface area contributed by atoms with Crippen molar-refractivity contribution in [3.63, 3.8) is 0 Å². The van der Waals surface area contributed by atoms with Crippen molar-refractivity contribution in [3.05, 3.63) is 0 Å². The van der Waals surface area contributed by atoms with E-state index in [0.717, 1.165) is 0 Å². The van der Waals surface area contributed by atoms with E-state index in [0.29, 0.717) is 0 Å². The average Bonchev–Trinajstić information content (AvgIpc) is 1.96. The zero-order valence-corrected chi connectivity index (χ0v) is 24.6. The third-order valence-corrected chi connectivity index (χ3v) is 13.9. The molecule has 0 amide bonds. The van der Waals surface area contributed by atoms with E-state index < -0.39 is 73.7 Å². The minimum atomic E-state index is -6.44. The molecule has 0 fully saturated rings. The van der Waals surface area contributed by atoms with E-state index in [4.69, 9.17) is 29.4 Å². The van der Waals surface area contributed by atoms with Crippen molar-refractivity contribution < 1.29 is 134 Å². The van der Waals surface area contributed by atoms with Crippen LogP contribution in [0.25, 0.3) is 0 Å². The van der Waals surface area contributed by atoms with Gasteiger partial charge in [0, 0.05) is 0 Å². The van der Waals surface area contributed by atoms with Crippen LogP contribution in [-0.4, -0.2) is 46.7 Å². The first kappa shape index (κ1) is 37.0. The van der Waals surface area contributed by atoms with Gasteiger partial charge < -0.3 is 0 Å². The second-order valence-corrected chi connectivity index (χ2v) is 19.9. The van der Waals surface area contributed by atoms with E-state index in [1.54, 1.807) is 0 Å². The van der Waals surface area contributed by atoms with Crippen LogP contribution in [0.4, 0.5) is 0 Å². The molecule has 0 aromatic heterocycles. The van der Waals surface area contributed by atoms with Gasteiger partial charge in [-0.3, -0.25) is 0 Å². The van der Waals surface area contributed by atoms with Crippen molar-refractivity contribution in [2.45, 2.75) is 0 Å². The van der Waals surface area contributed by atoms with E-state index in [9.17, 15) is 45.4 Å². The summed E-state index contributed by atoms with van der Waals surface area (Å²) >= 11 is -19.3. The first-order valence-electron chi connectivity index (χ1n) is 4.30. The van der Waals surface area contributed by atoms with Gasteiger partial charge in [0.2, 0.25) is 0 Å². The van der Waals surface area contributed by atoms with Crippen LogP contribution in [0.3, 0.4) is 0 Å². The molecule has 0 spiro atoms. The molecule has 0 aliphatic heterocycles. The van der Waals surface area contributed by atoms with E-state index in [1.165, 1.54) is 0 Å². The molecular weight excluding hydrogens is 1010 g/mol. The smallest absolute Gasteiger partial charge is 3.00 e. The Morgan fingerprint density at radius 3 is 0.607 bits per heavy atom. The standard InChI is InChI=1S/Al.3H3O4P.9O.3W/c;3*1-5(2,3)4;;;;;;;;;;;;/h;3*(H3,1,2,3,4);;;;;;;;;;;;/q+3;;;;;;;;;;3*-1;3*+1/p-3. The average molecular weight is 1010 g/mol.